The van der Waals surface area contributed by atoms with Crippen LogP contribution in [0.25, 0.3) is 22.4 Å². The summed E-state index contributed by atoms with van der Waals surface area (Å²) in [7, 11) is 0. The second-order valence-corrected chi connectivity index (χ2v) is 6.91. The van der Waals surface area contributed by atoms with Crippen molar-refractivity contribution >= 4 is 40.3 Å². The number of alkyl halides is 3. The third-order valence-corrected chi connectivity index (χ3v) is 5.03. The summed E-state index contributed by atoms with van der Waals surface area (Å²) in [5, 5.41) is 8.93. The van der Waals surface area contributed by atoms with Crippen LogP contribution in [0.15, 0.2) is 40.8 Å². The van der Waals surface area contributed by atoms with Gasteiger partial charge in [-0.3, -0.25) is 19.1 Å². The highest BCUT2D eigenvalue weighted by atomic mass is 32.1. The molecule has 29 heavy (non-hydrogen) atoms. The summed E-state index contributed by atoms with van der Waals surface area (Å²) >= 11 is 5.36. The van der Waals surface area contributed by atoms with Gasteiger partial charge in [0.25, 0.3) is 5.91 Å². The maximum atomic E-state index is 13.0. The Hall–Kier alpha value is -3.14. The lowest BCUT2D eigenvalue weighted by atomic mass is 10.1. The Labute approximate surface area is 167 Å². The number of aromatic nitrogens is 1. The fourth-order valence-corrected chi connectivity index (χ4v) is 3.65. The molecule has 0 spiro atoms. The minimum Gasteiger partial charge on any atom is -0.481 e. The Morgan fingerprint density at radius 1 is 1.21 bits per heavy atom. The zero-order chi connectivity index (χ0) is 20.9. The van der Waals surface area contributed by atoms with Crippen molar-refractivity contribution in [3.8, 4) is 11.3 Å². The Bertz CT molecular complexity index is 1160. The molecule has 0 radical (unpaired) electrons. The lowest BCUT2D eigenvalue weighted by molar-refractivity contribution is -0.138. The van der Waals surface area contributed by atoms with Gasteiger partial charge in [-0.05, 0) is 30.8 Å². The average Bonchev–Trinajstić information content (AvgIpc) is 3.27. The minimum absolute atomic E-state index is 0.0951. The number of hydrogen-bond donors (Lipinski definition) is 1. The van der Waals surface area contributed by atoms with Crippen molar-refractivity contribution in [2.75, 3.05) is 6.54 Å². The topological polar surface area (TPSA) is 75.7 Å². The number of carboxylic acids is 1. The molecule has 1 amide bonds. The second kappa shape index (κ2) is 6.73. The molecule has 1 N–H and O–H groups in total. The Morgan fingerprint density at radius 2 is 1.97 bits per heavy atom. The molecule has 1 aromatic carbocycles. The maximum Gasteiger partial charge on any atom is 0.416 e. The fourth-order valence-electron chi connectivity index (χ4n) is 3.28. The molecule has 0 saturated heterocycles. The summed E-state index contributed by atoms with van der Waals surface area (Å²) < 4.78 is 46.1. The van der Waals surface area contributed by atoms with E-state index in [1.165, 1.54) is 33.7 Å². The van der Waals surface area contributed by atoms with Crippen LogP contribution in [0.1, 0.15) is 28.9 Å². The molecule has 0 fully saturated rings. The highest BCUT2D eigenvalue weighted by molar-refractivity contribution is 7.80. The quantitative estimate of drug-likeness (QED) is 0.618. The molecule has 0 saturated carbocycles. The number of carboxylic acid groups (broad SMARTS) is 1. The van der Waals surface area contributed by atoms with Crippen molar-refractivity contribution in [3.05, 3.63) is 47.7 Å². The van der Waals surface area contributed by atoms with E-state index in [4.69, 9.17) is 21.7 Å². The molecule has 150 valence electrons. The number of carbonyl (C=O) groups excluding carboxylic acids is 1. The van der Waals surface area contributed by atoms with Crippen LogP contribution in [0, 0.1) is 0 Å². The van der Waals surface area contributed by atoms with Gasteiger partial charge in [0.1, 0.15) is 11.5 Å². The second-order valence-electron chi connectivity index (χ2n) is 6.54. The van der Waals surface area contributed by atoms with Crippen LogP contribution in [0.3, 0.4) is 0 Å². The molecular weight excluding hydrogens is 409 g/mol. The number of benzene rings is 1. The monoisotopic (exact) mass is 422 g/mol. The summed E-state index contributed by atoms with van der Waals surface area (Å²) in [6, 6.07) is 7.78. The lowest BCUT2D eigenvalue weighted by Gasteiger charge is -2.14. The molecule has 1 aliphatic rings. The van der Waals surface area contributed by atoms with E-state index in [2.05, 4.69) is 0 Å². The van der Waals surface area contributed by atoms with Crippen LogP contribution in [0.5, 0.6) is 0 Å². The van der Waals surface area contributed by atoms with Crippen molar-refractivity contribution in [2.45, 2.75) is 19.0 Å². The SMILES string of the molecule is O=C(O)CCCN1C(=O)c2cc3oc(-c4cccc(C(F)(F)F)c4)cc3n2C1=S. The van der Waals surface area contributed by atoms with Crippen molar-refractivity contribution in [1.82, 2.24) is 9.47 Å². The van der Waals surface area contributed by atoms with Gasteiger partial charge >= 0.3 is 12.1 Å². The molecular formula is C19H13F3N2O4S. The number of halogens is 3. The number of hydrogen-bond acceptors (Lipinski definition) is 4. The minimum atomic E-state index is -4.47. The van der Waals surface area contributed by atoms with Crippen molar-refractivity contribution in [1.29, 1.82) is 0 Å². The molecule has 0 aliphatic carbocycles. The van der Waals surface area contributed by atoms with Gasteiger partial charge in [0.15, 0.2) is 10.7 Å². The summed E-state index contributed by atoms with van der Waals surface area (Å²) in [6.45, 7) is 0.158. The van der Waals surface area contributed by atoms with E-state index in [0.717, 1.165) is 12.1 Å². The molecule has 10 heteroatoms. The molecule has 1 aliphatic heterocycles. The van der Waals surface area contributed by atoms with E-state index in [0.29, 0.717) is 11.1 Å². The number of thiocarbonyl (C=S) groups is 1. The van der Waals surface area contributed by atoms with E-state index in [9.17, 15) is 22.8 Å². The predicted molar refractivity (Wildman–Crippen MR) is 101 cm³/mol. The third-order valence-electron chi connectivity index (χ3n) is 4.62. The van der Waals surface area contributed by atoms with E-state index in [-0.39, 0.29) is 47.4 Å². The van der Waals surface area contributed by atoms with E-state index in [1.807, 2.05) is 0 Å². The van der Waals surface area contributed by atoms with Gasteiger partial charge in [-0.15, -0.1) is 0 Å². The molecule has 0 atom stereocenters. The molecule has 3 aromatic rings. The number of furan rings is 1. The highest BCUT2D eigenvalue weighted by Gasteiger charge is 2.35. The number of nitrogens with zero attached hydrogens (tertiary/aromatic N) is 2. The van der Waals surface area contributed by atoms with Gasteiger partial charge in [0, 0.05) is 30.7 Å². The van der Waals surface area contributed by atoms with Crippen molar-refractivity contribution in [2.24, 2.45) is 0 Å². The zero-order valence-corrected chi connectivity index (χ0v) is 15.5. The predicted octanol–water partition coefficient (Wildman–Crippen LogP) is 4.37. The molecule has 0 unspecified atom stereocenters. The molecule has 0 bridgehead atoms. The average molecular weight is 422 g/mol. The third kappa shape index (κ3) is 3.29. The molecule has 6 nitrogen and oxygen atoms in total. The van der Waals surface area contributed by atoms with Gasteiger partial charge in [0.2, 0.25) is 0 Å². The van der Waals surface area contributed by atoms with Crippen LogP contribution >= 0.6 is 12.2 Å². The normalized spacial score (nSPS) is 14.1. The van der Waals surface area contributed by atoms with Gasteiger partial charge < -0.3 is 9.52 Å². The lowest BCUT2D eigenvalue weighted by Crippen LogP contribution is -2.32. The van der Waals surface area contributed by atoms with E-state index in [1.54, 1.807) is 0 Å². The number of aliphatic carboxylic acids is 1. The fraction of sp³-hybridized carbons (Fsp3) is 0.211. The number of amides is 1. The van der Waals surface area contributed by atoms with Gasteiger partial charge in [-0.25, -0.2) is 0 Å². The van der Waals surface area contributed by atoms with Gasteiger partial charge in [-0.1, -0.05) is 12.1 Å². The first-order chi connectivity index (χ1) is 13.7. The Balaban J connectivity index is 1.67. The van der Waals surface area contributed by atoms with E-state index < -0.39 is 17.7 Å². The number of carbonyl (C=O) groups is 2. The zero-order valence-electron chi connectivity index (χ0n) is 14.7. The van der Waals surface area contributed by atoms with Crippen LogP contribution in [-0.2, 0) is 11.0 Å². The van der Waals surface area contributed by atoms with Crippen molar-refractivity contribution in [3.63, 3.8) is 0 Å². The van der Waals surface area contributed by atoms with Crippen LogP contribution in [-0.4, -0.2) is 38.1 Å². The van der Waals surface area contributed by atoms with Crippen LogP contribution in [0.2, 0.25) is 0 Å². The maximum absolute atomic E-state index is 13.0. The van der Waals surface area contributed by atoms with Gasteiger partial charge in [0.05, 0.1) is 11.1 Å². The smallest absolute Gasteiger partial charge is 0.416 e. The summed E-state index contributed by atoms with van der Waals surface area (Å²) in [5.41, 5.74) is 0.521. The standard InChI is InChI=1S/C19H13F3N2O4S/c20-19(21,22)11-4-1-3-10(7-11)14-8-12-15(28-14)9-13-17(27)23(18(29)24(12)13)6-2-5-16(25)26/h1,3-4,7-9H,2,5-6H2,(H,25,26). The van der Waals surface area contributed by atoms with Gasteiger partial charge in [-0.2, -0.15) is 13.2 Å². The first-order valence-corrected chi connectivity index (χ1v) is 8.98. The first-order valence-electron chi connectivity index (χ1n) is 8.58. The van der Waals surface area contributed by atoms with Crippen LogP contribution in [0.4, 0.5) is 13.2 Å². The van der Waals surface area contributed by atoms with Crippen molar-refractivity contribution < 1.29 is 32.3 Å². The van der Waals surface area contributed by atoms with Crippen LogP contribution < -0.4 is 0 Å². The largest absolute Gasteiger partial charge is 0.481 e. The summed E-state index contributed by atoms with van der Waals surface area (Å²) in [4.78, 5) is 24.6. The Morgan fingerprint density at radius 3 is 2.66 bits per heavy atom. The highest BCUT2D eigenvalue weighted by Crippen LogP contribution is 2.36. The van der Waals surface area contributed by atoms with E-state index >= 15 is 0 Å². The molecule has 2 aromatic heterocycles. The number of fused-ring (bicyclic) bond motifs is 3. The summed E-state index contributed by atoms with van der Waals surface area (Å²) in [6.07, 6.45) is -4.32. The summed E-state index contributed by atoms with van der Waals surface area (Å²) in [5.74, 6) is -1.12. The molecule has 4 rings (SSSR count). The number of rotatable bonds is 5. The first kappa shape index (κ1) is 19.2. The molecule has 3 heterocycles. The Kier molecular flexibility index (Phi) is 4.45.